The molecule has 0 saturated heterocycles. The molecule has 56 valence electrons. The van der Waals surface area contributed by atoms with Crippen LogP contribution in [0.3, 0.4) is 0 Å². The largest absolute Gasteiger partial charge is 0.288 e. The van der Waals surface area contributed by atoms with E-state index < -0.39 is 0 Å². The van der Waals surface area contributed by atoms with E-state index in [0.717, 1.165) is 0 Å². The summed E-state index contributed by atoms with van der Waals surface area (Å²) in [5.41, 5.74) is 0. The average Bonchev–Trinajstić information content (AvgIpc) is 1.87. The molecule has 0 aromatic carbocycles. The molecule has 0 atom stereocenters. The van der Waals surface area contributed by atoms with E-state index >= 15 is 0 Å². The summed E-state index contributed by atoms with van der Waals surface area (Å²) in [6.07, 6.45) is 0. The maximum atomic E-state index is 8.57. The number of nitrogens with zero attached hydrogens (tertiary/aromatic N) is 2. The molecule has 5 heteroatoms. The van der Waals surface area contributed by atoms with E-state index in [4.69, 9.17) is 10.4 Å². The first-order valence-electron chi connectivity index (χ1n) is 2.81. The zero-order chi connectivity index (χ0) is 7.28. The van der Waals surface area contributed by atoms with Gasteiger partial charge in [0.25, 0.3) is 0 Å². The Hall–Kier alpha value is -0.200. The molecule has 0 aromatic heterocycles. The summed E-state index contributed by atoms with van der Waals surface area (Å²) in [5.74, 6) is 0. The lowest BCUT2D eigenvalue weighted by atomic mass is 10.8. The van der Waals surface area contributed by atoms with Crippen LogP contribution in [0.4, 0.5) is 0 Å². The molecule has 0 saturated carbocycles. The molecule has 0 rings (SSSR count). The van der Waals surface area contributed by atoms with Gasteiger partial charge in [-0.1, -0.05) is 0 Å². The number of hydroxylamine groups is 4. The second-order valence-electron chi connectivity index (χ2n) is 1.42. The quantitative estimate of drug-likeness (QED) is 0.543. The van der Waals surface area contributed by atoms with Gasteiger partial charge < -0.3 is 0 Å². The summed E-state index contributed by atoms with van der Waals surface area (Å²) in [5, 5.41) is 18.2. The zero-order valence-electron chi connectivity index (χ0n) is 5.61. The van der Waals surface area contributed by atoms with Gasteiger partial charge in [-0.05, 0) is 24.3 Å². The summed E-state index contributed by atoms with van der Waals surface area (Å²) >= 11 is 0. The van der Waals surface area contributed by atoms with E-state index in [2.05, 4.69) is 4.94 Å². The standard InChI is InChI=1S/C4H12N2O3/c1-3-5(7)9-6(8)4-2/h7-8H,3-4H2,1-2H3. The molecule has 0 aliphatic rings. The first-order chi connectivity index (χ1) is 4.20. The third-order valence-corrected chi connectivity index (χ3v) is 0.730. The van der Waals surface area contributed by atoms with Crippen LogP contribution >= 0.6 is 0 Å². The molecule has 0 bridgehead atoms. The lowest BCUT2D eigenvalue weighted by Gasteiger charge is -2.16. The predicted molar refractivity (Wildman–Crippen MR) is 29.4 cm³/mol. The summed E-state index contributed by atoms with van der Waals surface area (Å²) in [4.78, 5) is 4.33. The average molecular weight is 136 g/mol. The first kappa shape index (κ1) is 8.80. The second-order valence-corrected chi connectivity index (χ2v) is 1.42. The van der Waals surface area contributed by atoms with E-state index in [1.807, 2.05) is 0 Å². The van der Waals surface area contributed by atoms with Crippen LogP contribution in [0.25, 0.3) is 0 Å². The molecular weight excluding hydrogens is 124 g/mol. The minimum Gasteiger partial charge on any atom is -0.288 e. The van der Waals surface area contributed by atoms with E-state index in [0.29, 0.717) is 23.5 Å². The Morgan fingerprint density at radius 3 is 1.67 bits per heavy atom. The van der Waals surface area contributed by atoms with Crippen LogP contribution in [0.2, 0.25) is 0 Å². The van der Waals surface area contributed by atoms with Gasteiger partial charge in [0.1, 0.15) is 0 Å². The monoisotopic (exact) mass is 136 g/mol. The summed E-state index contributed by atoms with van der Waals surface area (Å²) in [6, 6.07) is 0. The molecule has 5 nitrogen and oxygen atoms in total. The van der Waals surface area contributed by atoms with Crippen LogP contribution in [-0.4, -0.2) is 34.0 Å². The molecule has 0 spiro atoms. The number of hydrogen-bond donors (Lipinski definition) is 2. The zero-order valence-corrected chi connectivity index (χ0v) is 5.61. The van der Waals surface area contributed by atoms with Gasteiger partial charge in [-0.15, -0.1) is 0 Å². The normalized spacial score (nSPS) is 11.3. The minimum absolute atomic E-state index is 0.303. The third-order valence-electron chi connectivity index (χ3n) is 0.730. The summed E-state index contributed by atoms with van der Waals surface area (Å²) < 4.78 is 0. The summed E-state index contributed by atoms with van der Waals surface area (Å²) in [7, 11) is 0. The van der Waals surface area contributed by atoms with Crippen LogP contribution in [0.5, 0.6) is 0 Å². The van der Waals surface area contributed by atoms with Gasteiger partial charge in [-0.2, -0.15) is 4.94 Å². The predicted octanol–water partition coefficient (Wildman–Crippen LogP) is 0.255. The van der Waals surface area contributed by atoms with Gasteiger partial charge in [0.05, 0.1) is 13.1 Å². The van der Waals surface area contributed by atoms with Gasteiger partial charge in [0.2, 0.25) is 0 Å². The molecule has 0 radical (unpaired) electrons. The van der Waals surface area contributed by atoms with Crippen LogP contribution in [0.15, 0.2) is 0 Å². The van der Waals surface area contributed by atoms with Crippen molar-refractivity contribution < 1.29 is 15.4 Å². The Labute approximate surface area is 53.9 Å². The van der Waals surface area contributed by atoms with Crippen molar-refractivity contribution in [1.29, 1.82) is 0 Å². The number of rotatable bonds is 4. The van der Waals surface area contributed by atoms with Crippen molar-refractivity contribution in [2.45, 2.75) is 13.8 Å². The molecule has 2 N–H and O–H groups in total. The second kappa shape index (κ2) is 4.66. The Morgan fingerprint density at radius 1 is 1.11 bits per heavy atom. The fourth-order valence-corrected chi connectivity index (χ4v) is 0.224. The highest BCUT2D eigenvalue weighted by Gasteiger charge is 2.01. The Bertz CT molecular complexity index is 62.8. The lowest BCUT2D eigenvalue weighted by Crippen LogP contribution is -2.30. The molecule has 0 amide bonds. The first-order valence-corrected chi connectivity index (χ1v) is 2.81. The van der Waals surface area contributed by atoms with Crippen molar-refractivity contribution in [3.05, 3.63) is 0 Å². The highest BCUT2D eigenvalue weighted by atomic mass is 17.1. The van der Waals surface area contributed by atoms with E-state index in [1.54, 1.807) is 13.8 Å². The van der Waals surface area contributed by atoms with Crippen molar-refractivity contribution in [2.75, 3.05) is 13.1 Å². The van der Waals surface area contributed by atoms with E-state index in [-0.39, 0.29) is 0 Å². The summed E-state index contributed by atoms with van der Waals surface area (Å²) in [6.45, 7) is 3.97. The van der Waals surface area contributed by atoms with E-state index in [1.165, 1.54) is 0 Å². The van der Waals surface area contributed by atoms with Crippen LogP contribution in [0, 0.1) is 0 Å². The van der Waals surface area contributed by atoms with Crippen molar-refractivity contribution in [2.24, 2.45) is 0 Å². The molecule has 0 aromatic rings. The fourth-order valence-electron chi connectivity index (χ4n) is 0.224. The van der Waals surface area contributed by atoms with Crippen LogP contribution in [0.1, 0.15) is 13.8 Å². The van der Waals surface area contributed by atoms with Gasteiger partial charge >= 0.3 is 0 Å². The van der Waals surface area contributed by atoms with Crippen molar-refractivity contribution in [1.82, 2.24) is 10.5 Å². The smallest absolute Gasteiger partial charge is 0.0507 e. The topological polar surface area (TPSA) is 56.2 Å². The maximum Gasteiger partial charge on any atom is 0.0507 e. The van der Waals surface area contributed by atoms with Gasteiger partial charge in [-0.3, -0.25) is 10.4 Å². The Morgan fingerprint density at radius 2 is 1.44 bits per heavy atom. The number of hydrogen-bond acceptors (Lipinski definition) is 5. The Kier molecular flexibility index (Phi) is 4.55. The molecule has 0 aliphatic heterocycles. The molecule has 0 aliphatic carbocycles. The van der Waals surface area contributed by atoms with Gasteiger partial charge in [0.15, 0.2) is 0 Å². The maximum absolute atomic E-state index is 8.57. The minimum atomic E-state index is 0.303. The van der Waals surface area contributed by atoms with Crippen LogP contribution in [-0.2, 0) is 4.94 Å². The van der Waals surface area contributed by atoms with E-state index in [9.17, 15) is 0 Å². The highest BCUT2D eigenvalue weighted by Crippen LogP contribution is 1.86. The fraction of sp³-hybridized carbons (Fsp3) is 1.00. The SMILES string of the molecule is CCN(O)ON(O)CC. The van der Waals surface area contributed by atoms with Crippen molar-refractivity contribution in [3.63, 3.8) is 0 Å². The molecule has 9 heavy (non-hydrogen) atoms. The highest BCUT2D eigenvalue weighted by molar-refractivity contribution is 4.13. The third kappa shape index (κ3) is 4.31. The van der Waals surface area contributed by atoms with Crippen molar-refractivity contribution >= 4 is 0 Å². The Balaban J connectivity index is 3.22. The molecule has 0 fully saturated rings. The molecular formula is C4H12N2O3. The van der Waals surface area contributed by atoms with Gasteiger partial charge in [0, 0.05) is 0 Å². The van der Waals surface area contributed by atoms with Gasteiger partial charge in [-0.25, -0.2) is 0 Å². The molecule has 0 unspecified atom stereocenters. The van der Waals surface area contributed by atoms with Crippen molar-refractivity contribution in [3.8, 4) is 0 Å². The molecule has 0 heterocycles. The lowest BCUT2D eigenvalue weighted by molar-refractivity contribution is -0.507. The van der Waals surface area contributed by atoms with Crippen LogP contribution < -0.4 is 0 Å².